The maximum atomic E-state index is 11.1. The SMILES string of the molecule is C=C/C(=C\CC)Cc1cc(-c2ccc3cc(C=O)cc(C)c3c2)ccc1O. The lowest BCUT2D eigenvalue weighted by molar-refractivity contribution is 0.112. The number of fused-ring (bicyclic) bond motifs is 1. The summed E-state index contributed by atoms with van der Waals surface area (Å²) in [6.07, 6.45) is 6.46. The Labute approximate surface area is 160 Å². The van der Waals surface area contributed by atoms with Crippen molar-refractivity contribution in [3.63, 3.8) is 0 Å². The van der Waals surface area contributed by atoms with Gasteiger partial charge in [-0.25, -0.2) is 0 Å². The molecule has 0 radical (unpaired) electrons. The maximum absolute atomic E-state index is 11.1. The van der Waals surface area contributed by atoms with Crippen molar-refractivity contribution in [2.75, 3.05) is 0 Å². The standard InChI is InChI=1S/C25H24O2/c1-4-6-18(5-2)12-23-14-20(9-10-25(23)27)21-7-8-22-13-19(16-26)11-17(3)24(22)15-21/h5-11,13-16,27H,2,4,12H2,1,3H3/b18-6+. The van der Waals surface area contributed by atoms with E-state index in [1.807, 2.05) is 43.3 Å². The lowest BCUT2D eigenvalue weighted by Gasteiger charge is -2.11. The first-order valence-electron chi connectivity index (χ1n) is 9.19. The van der Waals surface area contributed by atoms with E-state index in [1.54, 1.807) is 6.07 Å². The molecule has 1 N–H and O–H groups in total. The fourth-order valence-electron chi connectivity index (χ4n) is 3.44. The number of carbonyl (C=O) groups is 1. The van der Waals surface area contributed by atoms with Gasteiger partial charge < -0.3 is 5.11 Å². The third-order valence-electron chi connectivity index (χ3n) is 4.86. The monoisotopic (exact) mass is 356 g/mol. The number of phenolic OH excluding ortho intramolecular Hbond substituents is 1. The minimum atomic E-state index is 0.301. The summed E-state index contributed by atoms with van der Waals surface area (Å²) in [7, 11) is 0. The second kappa shape index (κ2) is 8.05. The van der Waals surface area contributed by atoms with Gasteiger partial charge in [0, 0.05) is 12.0 Å². The number of allylic oxidation sites excluding steroid dienone is 3. The van der Waals surface area contributed by atoms with Crippen LogP contribution in [0.2, 0.25) is 0 Å². The van der Waals surface area contributed by atoms with Gasteiger partial charge in [0.25, 0.3) is 0 Å². The molecule has 0 aliphatic carbocycles. The fourth-order valence-corrected chi connectivity index (χ4v) is 3.44. The molecule has 3 rings (SSSR count). The minimum Gasteiger partial charge on any atom is -0.508 e. The van der Waals surface area contributed by atoms with Crippen molar-refractivity contribution in [2.24, 2.45) is 0 Å². The van der Waals surface area contributed by atoms with Gasteiger partial charge in [0.2, 0.25) is 0 Å². The Morgan fingerprint density at radius 2 is 1.81 bits per heavy atom. The highest BCUT2D eigenvalue weighted by Gasteiger charge is 2.08. The lowest BCUT2D eigenvalue weighted by Crippen LogP contribution is -1.91. The molecular formula is C25H24O2. The molecule has 0 aromatic heterocycles. The molecule has 0 saturated carbocycles. The second-order valence-corrected chi connectivity index (χ2v) is 6.80. The van der Waals surface area contributed by atoms with Crippen LogP contribution in [0.4, 0.5) is 0 Å². The molecule has 3 aromatic rings. The van der Waals surface area contributed by atoms with Gasteiger partial charge >= 0.3 is 0 Å². The first-order chi connectivity index (χ1) is 13.0. The van der Waals surface area contributed by atoms with Gasteiger partial charge in [-0.2, -0.15) is 0 Å². The zero-order valence-electron chi connectivity index (χ0n) is 15.8. The molecule has 0 aliphatic heterocycles. The highest BCUT2D eigenvalue weighted by molar-refractivity contribution is 5.94. The predicted octanol–water partition coefficient (Wildman–Crippen LogP) is 6.40. The molecule has 0 saturated heterocycles. The van der Waals surface area contributed by atoms with E-state index in [4.69, 9.17) is 0 Å². The van der Waals surface area contributed by atoms with Crippen molar-refractivity contribution in [3.8, 4) is 16.9 Å². The van der Waals surface area contributed by atoms with Gasteiger partial charge in [0.15, 0.2) is 0 Å². The number of hydrogen-bond acceptors (Lipinski definition) is 2. The van der Waals surface area contributed by atoms with E-state index in [-0.39, 0.29) is 0 Å². The molecule has 0 amide bonds. The van der Waals surface area contributed by atoms with E-state index in [9.17, 15) is 9.90 Å². The number of phenols is 1. The van der Waals surface area contributed by atoms with Crippen LogP contribution in [0.5, 0.6) is 5.75 Å². The summed E-state index contributed by atoms with van der Waals surface area (Å²) in [4.78, 5) is 11.1. The first-order valence-corrected chi connectivity index (χ1v) is 9.19. The van der Waals surface area contributed by atoms with Gasteiger partial charge in [0.1, 0.15) is 12.0 Å². The van der Waals surface area contributed by atoms with Crippen molar-refractivity contribution in [1.82, 2.24) is 0 Å². The Morgan fingerprint density at radius 1 is 1.07 bits per heavy atom. The summed E-state index contributed by atoms with van der Waals surface area (Å²) in [5.74, 6) is 0.301. The summed E-state index contributed by atoms with van der Waals surface area (Å²) in [5.41, 5.74) is 5.92. The zero-order valence-corrected chi connectivity index (χ0v) is 15.8. The van der Waals surface area contributed by atoms with Crippen LogP contribution in [-0.4, -0.2) is 11.4 Å². The molecule has 2 nitrogen and oxygen atoms in total. The van der Waals surface area contributed by atoms with E-state index >= 15 is 0 Å². The Bertz CT molecular complexity index is 1040. The van der Waals surface area contributed by atoms with Crippen LogP contribution < -0.4 is 0 Å². The summed E-state index contributed by atoms with van der Waals surface area (Å²) in [6, 6.07) is 15.8. The van der Waals surface area contributed by atoms with Crippen LogP contribution in [-0.2, 0) is 6.42 Å². The number of carbonyl (C=O) groups excluding carboxylic acids is 1. The average molecular weight is 356 g/mol. The molecule has 136 valence electrons. The van der Waals surface area contributed by atoms with Gasteiger partial charge in [0.05, 0.1) is 0 Å². The van der Waals surface area contributed by atoms with Gasteiger partial charge in [-0.3, -0.25) is 4.79 Å². The Balaban J connectivity index is 2.05. The first kappa shape index (κ1) is 18.7. The fraction of sp³-hybridized carbons (Fsp3) is 0.160. The van der Waals surface area contributed by atoms with E-state index in [1.165, 1.54) is 0 Å². The summed E-state index contributed by atoms with van der Waals surface area (Å²) >= 11 is 0. The number of benzene rings is 3. The number of aldehydes is 1. The molecule has 0 fully saturated rings. The van der Waals surface area contributed by atoms with Crippen molar-refractivity contribution >= 4 is 17.1 Å². The minimum absolute atomic E-state index is 0.301. The van der Waals surface area contributed by atoms with Gasteiger partial charge in [-0.05, 0) is 82.3 Å². The molecule has 0 bridgehead atoms. The summed E-state index contributed by atoms with van der Waals surface area (Å²) < 4.78 is 0. The van der Waals surface area contributed by atoms with Gasteiger partial charge in [-0.1, -0.05) is 43.9 Å². The van der Waals surface area contributed by atoms with Crippen LogP contribution >= 0.6 is 0 Å². The molecule has 27 heavy (non-hydrogen) atoms. The van der Waals surface area contributed by atoms with Crippen molar-refractivity contribution in [2.45, 2.75) is 26.7 Å². The predicted molar refractivity (Wildman–Crippen MR) is 113 cm³/mol. The molecule has 0 aliphatic rings. The highest BCUT2D eigenvalue weighted by Crippen LogP contribution is 2.31. The highest BCUT2D eigenvalue weighted by atomic mass is 16.3. The molecule has 0 unspecified atom stereocenters. The van der Waals surface area contributed by atoms with E-state index in [0.29, 0.717) is 17.7 Å². The van der Waals surface area contributed by atoms with Gasteiger partial charge in [-0.15, -0.1) is 0 Å². The topological polar surface area (TPSA) is 37.3 Å². The van der Waals surface area contributed by atoms with E-state index in [2.05, 4.69) is 31.7 Å². The van der Waals surface area contributed by atoms with Crippen LogP contribution in [0.25, 0.3) is 21.9 Å². The Morgan fingerprint density at radius 3 is 2.52 bits per heavy atom. The van der Waals surface area contributed by atoms with E-state index < -0.39 is 0 Å². The van der Waals surface area contributed by atoms with Crippen LogP contribution in [0, 0.1) is 6.92 Å². The molecular weight excluding hydrogens is 332 g/mol. The van der Waals surface area contributed by atoms with Crippen LogP contribution in [0.15, 0.2) is 72.8 Å². The second-order valence-electron chi connectivity index (χ2n) is 6.80. The average Bonchev–Trinajstić information content (AvgIpc) is 2.68. The Kier molecular flexibility index (Phi) is 5.56. The maximum Gasteiger partial charge on any atom is 0.150 e. The van der Waals surface area contributed by atoms with E-state index in [0.717, 1.165) is 51.3 Å². The summed E-state index contributed by atoms with van der Waals surface area (Å²) in [6.45, 7) is 7.98. The Hall–Kier alpha value is -3.13. The number of hydrogen-bond donors (Lipinski definition) is 1. The van der Waals surface area contributed by atoms with Crippen LogP contribution in [0.3, 0.4) is 0 Å². The third kappa shape index (κ3) is 4.01. The zero-order chi connectivity index (χ0) is 19.4. The normalized spacial score (nSPS) is 11.6. The van der Waals surface area contributed by atoms with Crippen molar-refractivity contribution in [1.29, 1.82) is 0 Å². The lowest BCUT2D eigenvalue weighted by atomic mass is 9.94. The molecule has 0 atom stereocenters. The number of rotatable bonds is 6. The molecule has 3 aromatic carbocycles. The van der Waals surface area contributed by atoms with Crippen molar-refractivity contribution < 1.29 is 9.90 Å². The number of aromatic hydroxyl groups is 1. The van der Waals surface area contributed by atoms with Crippen molar-refractivity contribution in [3.05, 3.63) is 89.5 Å². The third-order valence-corrected chi connectivity index (χ3v) is 4.86. The molecule has 0 spiro atoms. The summed E-state index contributed by atoms with van der Waals surface area (Å²) in [5, 5.41) is 12.5. The van der Waals surface area contributed by atoms with Crippen LogP contribution in [0.1, 0.15) is 34.8 Å². The number of aryl methyl sites for hydroxylation is 1. The quantitative estimate of drug-likeness (QED) is 0.410. The molecule has 2 heteroatoms. The smallest absolute Gasteiger partial charge is 0.150 e. The largest absolute Gasteiger partial charge is 0.508 e. The molecule has 0 heterocycles.